The Labute approximate surface area is 122 Å². The average molecular weight is 294 g/mol. The lowest BCUT2D eigenvalue weighted by Gasteiger charge is -2.11. The first-order chi connectivity index (χ1) is 9.20. The Kier molecular flexibility index (Phi) is 5.00. The molecular formula is C15H16ClNOS. The summed E-state index contributed by atoms with van der Waals surface area (Å²) in [6.45, 7) is 2.89. The summed E-state index contributed by atoms with van der Waals surface area (Å²) in [6, 6.07) is 13.5. The third-order valence-electron chi connectivity index (χ3n) is 2.70. The molecule has 0 aliphatic carbocycles. The van der Waals surface area contributed by atoms with E-state index in [-0.39, 0.29) is 5.75 Å². The Morgan fingerprint density at radius 1 is 1.21 bits per heavy atom. The van der Waals surface area contributed by atoms with E-state index >= 15 is 0 Å². The van der Waals surface area contributed by atoms with Gasteiger partial charge >= 0.3 is 0 Å². The van der Waals surface area contributed by atoms with Crippen LogP contribution in [0.4, 0.5) is 5.69 Å². The number of anilines is 1. The SMILES string of the molecule is CCSc1ccccc1CNc1ccc(O)c(Cl)c1. The molecule has 2 aromatic carbocycles. The molecule has 100 valence electrons. The van der Waals surface area contributed by atoms with Crippen LogP contribution >= 0.6 is 23.4 Å². The molecule has 0 saturated heterocycles. The Morgan fingerprint density at radius 2 is 2.00 bits per heavy atom. The molecule has 2 aromatic rings. The lowest BCUT2D eigenvalue weighted by atomic mass is 10.2. The highest BCUT2D eigenvalue weighted by Crippen LogP contribution is 2.27. The number of halogens is 1. The highest BCUT2D eigenvalue weighted by molar-refractivity contribution is 7.99. The minimum atomic E-state index is 0.106. The number of hydrogen-bond acceptors (Lipinski definition) is 3. The van der Waals surface area contributed by atoms with Gasteiger partial charge in [-0.15, -0.1) is 11.8 Å². The largest absolute Gasteiger partial charge is 0.506 e. The summed E-state index contributed by atoms with van der Waals surface area (Å²) < 4.78 is 0. The van der Waals surface area contributed by atoms with Crippen molar-refractivity contribution < 1.29 is 5.11 Å². The molecule has 0 heterocycles. The first kappa shape index (κ1) is 14.1. The number of thioether (sulfide) groups is 1. The molecule has 0 aliphatic heterocycles. The lowest BCUT2D eigenvalue weighted by molar-refractivity contribution is 0.475. The number of hydrogen-bond donors (Lipinski definition) is 2. The number of aromatic hydroxyl groups is 1. The van der Waals surface area contributed by atoms with Gasteiger partial charge in [0.05, 0.1) is 5.02 Å². The van der Waals surface area contributed by atoms with Crippen LogP contribution in [0.5, 0.6) is 5.75 Å². The summed E-state index contributed by atoms with van der Waals surface area (Å²) in [5.74, 6) is 1.16. The van der Waals surface area contributed by atoms with Gasteiger partial charge in [0.25, 0.3) is 0 Å². The van der Waals surface area contributed by atoms with E-state index < -0.39 is 0 Å². The quantitative estimate of drug-likeness (QED) is 0.615. The zero-order chi connectivity index (χ0) is 13.7. The first-order valence-corrected chi connectivity index (χ1v) is 7.50. The summed E-state index contributed by atoms with van der Waals surface area (Å²) in [6.07, 6.45) is 0. The van der Waals surface area contributed by atoms with E-state index in [1.54, 1.807) is 12.1 Å². The van der Waals surface area contributed by atoms with Crippen molar-refractivity contribution in [1.29, 1.82) is 0 Å². The molecule has 19 heavy (non-hydrogen) atoms. The van der Waals surface area contributed by atoms with Gasteiger partial charge in [0.2, 0.25) is 0 Å². The zero-order valence-electron chi connectivity index (χ0n) is 10.7. The van der Waals surface area contributed by atoms with Crippen molar-refractivity contribution in [2.24, 2.45) is 0 Å². The fraction of sp³-hybridized carbons (Fsp3) is 0.200. The van der Waals surface area contributed by atoms with Crippen molar-refractivity contribution >= 4 is 29.1 Å². The number of rotatable bonds is 5. The van der Waals surface area contributed by atoms with Gasteiger partial charge in [0.1, 0.15) is 5.75 Å². The molecule has 2 nitrogen and oxygen atoms in total. The van der Waals surface area contributed by atoms with Gasteiger partial charge in [0, 0.05) is 17.1 Å². The van der Waals surface area contributed by atoms with E-state index in [0.29, 0.717) is 5.02 Å². The number of phenols is 1. The summed E-state index contributed by atoms with van der Waals surface area (Å²) in [5.41, 5.74) is 2.16. The highest BCUT2D eigenvalue weighted by Gasteiger charge is 2.03. The Hall–Kier alpha value is -1.32. The van der Waals surface area contributed by atoms with E-state index in [9.17, 15) is 5.11 Å². The highest BCUT2D eigenvalue weighted by atomic mass is 35.5. The van der Waals surface area contributed by atoms with Crippen LogP contribution in [0.1, 0.15) is 12.5 Å². The van der Waals surface area contributed by atoms with Crippen LogP contribution in [0.2, 0.25) is 5.02 Å². The topological polar surface area (TPSA) is 32.3 Å². The van der Waals surface area contributed by atoms with Crippen LogP contribution in [0.25, 0.3) is 0 Å². The van der Waals surface area contributed by atoms with Crippen LogP contribution in [0.15, 0.2) is 47.4 Å². The third kappa shape index (κ3) is 3.82. The van der Waals surface area contributed by atoms with E-state index in [2.05, 4.69) is 30.4 Å². The maximum absolute atomic E-state index is 9.38. The Morgan fingerprint density at radius 3 is 2.74 bits per heavy atom. The Balaban J connectivity index is 2.07. The molecule has 0 radical (unpaired) electrons. The van der Waals surface area contributed by atoms with Gasteiger partial charge in [-0.2, -0.15) is 0 Å². The summed E-state index contributed by atoms with van der Waals surface area (Å²) in [7, 11) is 0. The van der Waals surface area contributed by atoms with Crippen molar-refractivity contribution in [2.45, 2.75) is 18.4 Å². The standard InChI is InChI=1S/C15H16ClNOS/c1-2-19-15-6-4-3-5-11(15)10-17-12-7-8-14(18)13(16)9-12/h3-9,17-18H,2,10H2,1H3. The molecule has 0 saturated carbocycles. The molecule has 0 aromatic heterocycles. The van der Waals surface area contributed by atoms with Gasteiger partial charge in [-0.3, -0.25) is 0 Å². The van der Waals surface area contributed by atoms with Crippen LogP contribution in [0, 0.1) is 0 Å². The molecule has 2 N–H and O–H groups in total. The molecular weight excluding hydrogens is 278 g/mol. The number of nitrogens with one attached hydrogen (secondary N) is 1. The average Bonchev–Trinajstić information content (AvgIpc) is 2.42. The maximum atomic E-state index is 9.38. The second-order valence-corrected chi connectivity index (χ2v) is 5.77. The van der Waals surface area contributed by atoms with E-state index in [0.717, 1.165) is 18.0 Å². The molecule has 0 spiro atoms. The summed E-state index contributed by atoms with van der Waals surface area (Å²) >= 11 is 7.72. The molecule has 0 bridgehead atoms. The van der Waals surface area contributed by atoms with Gasteiger partial charge in [-0.05, 0) is 35.6 Å². The van der Waals surface area contributed by atoms with Crippen molar-refractivity contribution in [3.8, 4) is 5.75 Å². The lowest BCUT2D eigenvalue weighted by Crippen LogP contribution is -2.00. The molecule has 0 fully saturated rings. The van der Waals surface area contributed by atoms with Crippen LogP contribution in [-0.2, 0) is 6.54 Å². The van der Waals surface area contributed by atoms with E-state index in [1.165, 1.54) is 10.5 Å². The minimum absolute atomic E-state index is 0.106. The predicted molar refractivity (Wildman–Crippen MR) is 83.3 cm³/mol. The van der Waals surface area contributed by atoms with Gasteiger partial charge < -0.3 is 10.4 Å². The zero-order valence-corrected chi connectivity index (χ0v) is 12.3. The molecule has 0 amide bonds. The van der Waals surface area contributed by atoms with E-state index in [4.69, 9.17) is 11.6 Å². The first-order valence-electron chi connectivity index (χ1n) is 6.13. The molecule has 0 unspecified atom stereocenters. The number of phenolic OH excluding ortho intramolecular Hbond substituents is 1. The fourth-order valence-electron chi connectivity index (χ4n) is 1.76. The van der Waals surface area contributed by atoms with Crippen LogP contribution < -0.4 is 5.32 Å². The van der Waals surface area contributed by atoms with Gasteiger partial charge in [0.15, 0.2) is 0 Å². The molecule has 0 atom stereocenters. The van der Waals surface area contributed by atoms with Crippen molar-refractivity contribution in [3.63, 3.8) is 0 Å². The van der Waals surface area contributed by atoms with Gasteiger partial charge in [-0.1, -0.05) is 36.7 Å². The van der Waals surface area contributed by atoms with Crippen molar-refractivity contribution in [2.75, 3.05) is 11.1 Å². The van der Waals surface area contributed by atoms with Crippen LogP contribution in [-0.4, -0.2) is 10.9 Å². The fourth-order valence-corrected chi connectivity index (χ4v) is 2.75. The third-order valence-corrected chi connectivity index (χ3v) is 4.00. The number of benzene rings is 2. The maximum Gasteiger partial charge on any atom is 0.134 e. The van der Waals surface area contributed by atoms with Crippen molar-refractivity contribution in [1.82, 2.24) is 0 Å². The van der Waals surface area contributed by atoms with Gasteiger partial charge in [-0.25, -0.2) is 0 Å². The molecule has 0 aliphatic rings. The molecule has 2 rings (SSSR count). The monoisotopic (exact) mass is 293 g/mol. The summed E-state index contributed by atoms with van der Waals surface area (Å²) in [5, 5.41) is 13.1. The second kappa shape index (κ2) is 6.73. The predicted octanol–water partition coefficient (Wildman–Crippen LogP) is 4.77. The molecule has 4 heteroatoms. The minimum Gasteiger partial charge on any atom is -0.506 e. The summed E-state index contributed by atoms with van der Waals surface area (Å²) in [4.78, 5) is 1.29. The normalized spacial score (nSPS) is 10.4. The van der Waals surface area contributed by atoms with E-state index in [1.807, 2.05) is 23.9 Å². The van der Waals surface area contributed by atoms with Crippen LogP contribution in [0.3, 0.4) is 0 Å². The van der Waals surface area contributed by atoms with Crippen molar-refractivity contribution in [3.05, 3.63) is 53.1 Å². The smallest absolute Gasteiger partial charge is 0.134 e. The second-order valence-electron chi connectivity index (χ2n) is 4.06. The Bertz CT molecular complexity index is 560.